The molecular formula is C16H19ClN2O2. The molecule has 21 heavy (non-hydrogen) atoms. The molecule has 1 atom stereocenters. The van der Waals surface area contributed by atoms with Gasteiger partial charge in [0.25, 0.3) is 0 Å². The largest absolute Gasteiger partial charge is 0.493 e. The Morgan fingerprint density at radius 3 is 2.33 bits per heavy atom. The molecule has 0 aliphatic rings. The minimum Gasteiger partial charge on any atom is -0.493 e. The predicted octanol–water partition coefficient (Wildman–Crippen LogP) is 4.11. The SMILES string of the molecule is COc1cc(N)c(NC(C)c2ccccc2Cl)cc1OC. The smallest absolute Gasteiger partial charge is 0.162 e. The van der Waals surface area contributed by atoms with Crippen molar-refractivity contribution in [2.45, 2.75) is 13.0 Å². The summed E-state index contributed by atoms with van der Waals surface area (Å²) in [5.74, 6) is 1.23. The molecule has 0 amide bonds. The van der Waals surface area contributed by atoms with Gasteiger partial charge in [-0.05, 0) is 18.6 Å². The Kier molecular flexibility index (Phi) is 4.81. The van der Waals surface area contributed by atoms with E-state index < -0.39 is 0 Å². The van der Waals surface area contributed by atoms with Gasteiger partial charge in [-0.25, -0.2) is 0 Å². The first kappa shape index (κ1) is 15.3. The third kappa shape index (κ3) is 3.34. The number of anilines is 2. The molecule has 5 heteroatoms. The zero-order chi connectivity index (χ0) is 15.4. The van der Waals surface area contributed by atoms with Crippen LogP contribution in [0.3, 0.4) is 0 Å². The van der Waals surface area contributed by atoms with Crippen molar-refractivity contribution in [3.8, 4) is 11.5 Å². The topological polar surface area (TPSA) is 56.5 Å². The fraction of sp³-hybridized carbons (Fsp3) is 0.250. The highest BCUT2D eigenvalue weighted by Crippen LogP contribution is 2.36. The lowest BCUT2D eigenvalue weighted by Gasteiger charge is -2.20. The molecule has 2 rings (SSSR count). The summed E-state index contributed by atoms with van der Waals surface area (Å²) >= 11 is 6.22. The van der Waals surface area contributed by atoms with Crippen LogP contribution in [0.5, 0.6) is 11.5 Å². The lowest BCUT2D eigenvalue weighted by molar-refractivity contribution is 0.355. The van der Waals surface area contributed by atoms with Gasteiger partial charge in [0.1, 0.15) is 0 Å². The summed E-state index contributed by atoms with van der Waals surface area (Å²) in [6, 6.07) is 11.3. The third-order valence-corrected chi connectivity index (χ3v) is 3.64. The van der Waals surface area contributed by atoms with Gasteiger partial charge in [-0.2, -0.15) is 0 Å². The Hall–Kier alpha value is -2.07. The van der Waals surface area contributed by atoms with Gasteiger partial charge in [-0.15, -0.1) is 0 Å². The average Bonchev–Trinajstić information content (AvgIpc) is 2.49. The summed E-state index contributed by atoms with van der Waals surface area (Å²) in [6.07, 6.45) is 0. The number of rotatable bonds is 5. The van der Waals surface area contributed by atoms with Crippen LogP contribution in [0.15, 0.2) is 36.4 Å². The second-order valence-corrected chi connectivity index (χ2v) is 5.09. The Balaban J connectivity index is 2.29. The molecule has 0 heterocycles. The van der Waals surface area contributed by atoms with Crippen LogP contribution in [0.2, 0.25) is 5.02 Å². The number of nitrogens with two attached hydrogens (primary N) is 1. The van der Waals surface area contributed by atoms with E-state index >= 15 is 0 Å². The molecule has 0 aliphatic carbocycles. The highest BCUT2D eigenvalue weighted by molar-refractivity contribution is 6.31. The van der Waals surface area contributed by atoms with E-state index in [9.17, 15) is 0 Å². The molecule has 0 fully saturated rings. The Morgan fingerprint density at radius 1 is 1.10 bits per heavy atom. The molecule has 0 saturated heterocycles. The monoisotopic (exact) mass is 306 g/mol. The van der Waals surface area contributed by atoms with E-state index in [1.165, 1.54) is 0 Å². The summed E-state index contributed by atoms with van der Waals surface area (Å²) in [7, 11) is 3.17. The molecule has 3 N–H and O–H groups in total. The number of hydrogen-bond acceptors (Lipinski definition) is 4. The number of nitrogen functional groups attached to an aromatic ring is 1. The fourth-order valence-corrected chi connectivity index (χ4v) is 2.46. The van der Waals surface area contributed by atoms with Crippen LogP contribution in [0, 0.1) is 0 Å². The van der Waals surface area contributed by atoms with Gasteiger partial charge in [0, 0.05) is 17.2 Å². The van der Waals surface area contributed by atoms with Gasteiger partial charge < -0.3 is 20.5 Å². The van der Waals surface area contributed by atoms with Crippen LogP contribution in [0.4, 0.5) is 11.4 Å². The van der Waals surface area contributed by atoms with E-state index in [1.807, 2.05) is 37.3 Å². The first-order chi connectivity index (χ1) is 10.1. The summed E-state index contributed by atoms with van der Waals surface area (Å²) in [5, 5.41) is 4.07. The number of methoxy groups -OCH3 is 2. The van der Waals surface area contributed by atoms with Crippen LogP contribution >= 0.6 is 11.6 Å². The van der Waals surface area contributed by atoms with E-state index in [-0.39, 0.29) is 6.04 Å². The zero-order valence-corrected chi connectivity index (χ0v) is 13.1. The molecule has 2 aromatic carbocycles. The van der Waals surface area contributed by atoms with Gasteiger partial charge in [0.05, 0.1) is 31.6 Å². The molecule has 0 spiro atoms. The summed E-state index contributed by atoms with van der Waals surface area (Å²) in [5.41, 5.74) is 8.43. The number of benzene rings is 2. The van der Waals surface area contributed by atoms with Gasteiger partial charge in [-0.1, -0.05) is 29.8 Å². The number of halogens is 1. The van der Waals surface area contributed by atoms with Crippen molar-refractivity contribution < 1.29 is 9.47 Å². The van der Waals surface area contributed by atoms with Gasteiger partial charge in [-0.3, -0.25) is 0 Å². The van der Waals surface area contributed by atoms with Crippen molar-refractivity contribution in [3.63, 3.8) is 0 Å². The molecule has 0 saturated carbocycles. The maximum atomic E-state index is 6.22. The second-order valence-electron chi connectivity index (χ2n) is 4.68. The molecular weight excluding hydrogens is 288 g/mol. The third-order valence-electron chi connectivity index (χ3n) is 3.30. The normalized spacial score (nSPS) is 11.8. The standard InChI is InChI=1S/C16H19ClN2O2/c1-10(11-6-4-5-7-12(11)17)19-14-9-16(21-3)15(20-2)8-13(14)18/h4-10,19H,18H2,1-3H3. The second kappa shape index (κ2) is 6.59. The summed E-state index contributed by atoms with van der Waals surface area (Å²) in [4.78, 5) is 0. The Bertz CT molecular complexity index is 632. The van der Waals surface area contributed by atoms with Crippen LogP contribution in [0.25, 0.3) is 0 Å². The van der Waals surface area contributed by atoms with Crippen molar-refractivity contribution >= 4 is 23.0 Å². The van der Waals surface area contributed by atoms with E-state index in [4.69, 9.17) is 26.8 Å². The first-order valence-corrected chi connectivity index (χ1v) is 6.97. The van der Waals surface area contributed by atoms with Crippen molar-refractivity contribution in [1.82, 2.24) is 0 Å². The highest BCUT2D eigenvalue weighted by atomic mass is 35.5. The molecule has 2 aromatic rings. The van der Waals surface area contributed by atoms with Gasteiger partial charge >= 0.3 is 0 Å². The molecule has 1 unspecified atom stereocenters. The zero-order valence-electron chi connectivity index (χ0n) is 12.3. The van der Waals surface area contributed by atoms with Crippen LogP contribution in [-0.4, -0.2) is 14.2 Å². The number of ether oxygens (including phenoxy) is 2. The summed E-state index contributed by atoms with van der Waals surface area (Å²) < 4.78 is 10.5. The highest BCUT2D eigenvalue weighted by Gasteiger charge is 2.13. The lowest BCUT2D eigenvalue weighted by Crippen LogP contribution is -2.09. The van der Waals surface area contributed by atoms with Crippen molar-refractivity contribution in [2.24, 2.45) is 0 Å². The van der Waals surface area contributed by atoms with E-state index in [0.29, 0.717) is 17.2 Å². The van der Waals surface area contributed by atoms with Gasteiger partial charge in [0.2, 0.25) is 0 Å². The van der Waals surface area contributed by atoms with E-state index in [2.05, 4.69) is 5.32 Å². The Labute approximate surface area is 129 Å². The first-order valence-electron chi connectivity index (χ1n) is 6.59. The number of nitrogens with one attached hydrogen (secondary N) is 1. The van der Waals surface area contributed by atoms with E-state index in [1.54, 1.807) is 20.3 Å². The van der Waals surface area contributed by atoms with Crippen LogP contribution in [0.1, 0.15) is 18.5 Å². The molecule has 4 nitrogen and oxygen atoms in total. The van der Waals surface area contributed by atoms with Gasteiger partial charge in [0.15, 0.2) is 11.5 Å². The average molecular weight is 307 g/mol. The van der Waals surface area contributed by atoms with E-state index in [0.717, 1.165) is 16.3 Å². The minimum absolute atomic E-state index is 0.0131. The number of hydrogen-bond donors (Lipinski definition) is 2. The Morgan fingerprint density at radius 2 is 1.71 bits per heavy atom. The van der Waals surface area contributed by atoms with Crippen molar-refractivity contribution in [2.75, 3.05) is 25.3 Å². The minimum atomic E-state index is 0.0131. The maximum absolute atomic E-state index is 6.22. The molecule has 0 radical (unpaired) electrons. The molecule has 0 bridgehead atoms. The molecule has 0 aromatic heterocycles. The summed E-state index contributed by atoms with van der Waals surface area (Å²) in [6.45, 7) is 2.03. The lowest BCUT2D eigenvalue weighted by atomic mass is 10.1. The fourth-order valence-electron chi connectivity index (χ4n) is 2.16. The van der Waals surface area contributed by atoms with Crippen molar-refractivity contribution in [1.29, 1.82) is 0 Å². The quantitative estimate of drug-likeness (QED) is 0.816. The molecule has 112 valence electrons. The van der Waals surface area contributed by atoms with Crippen LogP contribution in [-0.2, 0) is 0 Å². The molecule has 0 aliphatic heterocycles. The maximum Gasteiger partial charge on any atom is 0.162 e. The predicted molar refractivity (Wildman–Crippen MR) is 87.4 cm³/mol. The van der Waals surface area contributed by atoms with Crippen LogP contribution < -0.4 is 20.5 Å². The van der Waals surface area contributed by atoms with Crippen molar-refractivity contribution in [3.05, 3.63) is 47.0 Å².